The molecule has 2 unspecified atom stereocenters. The zero-order chi connectivity index (χ0) is 24.3. The zero-order valence-electron chi connectivity index (χ0n) is 21.0. The number of carboxylic acids is 1. The summed E-state index contributed by atoms with van der Waals surface area (Å²) in [6.07, 6.45) is 9.37. The Balaban J connectivity index is 1.59. The molecule has 0 bridgehead atoms. The van der Waals surface area contributed by atoms with E-state index in [1.54, 1.807) is 0 Å². The molecule has 0 saturated carbocycles. The average molecular weight is 475 g/mol. The zero-order valence-corrected chi connectivity index (χ0v) is 21.0. The van der Waals surface area contributed by atoms with E-state index in [0.29, 0.717) is 32.0 Å². The second-order valence-corrected chi connectivity index (χ2v) is 9.84. The molecule has 2 atom stereocenters. The monoisotopic (exact) mass is 474 g/mol. The number of benzene rings is 1. The predicted molar refractivity (Wildman–Crippen MR) is 132 cm³/mol. The van der Waals surface area contributed by atoms with Gasteiger partial charge in [-0.3, -0.25) is 14.5 Å². The molecule has 1 saturated heterocycles. The van der Waals surface area contributed by atoms with Crippen LogP contribution in [0.4, 0.5) is 0 Å². The van der Waals surface area contributed by atoms with Crippen LogP contribution in [0.25, 0.3) is 0 Å². The molecule has 1 N–H and O–H groups in total. The number of aryl methyl sites for hydroxylation is 1. The molecule has 0 aliphatic carbocycles. The van der Waals surface area contributed by atoms with Gasteiger partial charge in [-0.05, 0) is 62.3 Å². The summed E-state index contributed by atoms with van der Waals surface area (Å²) in [4.78, 5) is 28.6. The molecule has 7 heteroatoms. The van der Waals surface area contributed by atoms with Gasteiger partial charge in [0.05, 0.1) is 12.5 Å². The molecule has 0 spiro atoms. The van der Waals surface area contributed by atoms with E-state index in [9.17, 15) is 14.7 Å². The average Bonchev–Trinajstić information content (AvgIpc) is 3.49. The van der Waals surface area contributed by atoms with E-state index in [1.165, 1.54) is 24.8 Å². The van der Waals surface area contributed by atoms with Crippen LogP contribution in [0.1, 0.15) is 70.8 Å². The standard InChI is InChI=1S/C27H42N2O5/c1-3-5-7-8-22(10-9-21-11-12-24-25(16-21)34-20-33-24)17-29(14-6-4-2)26(30)19-28-15-13-23(18-28)27(31)32/h11-12,16,22-23H,3-10,13-15,17-20H2,1-2H3,(H,31,32). The van der Waals surface area contributed by atoms with Crippen LogP contribution in [0.5, 0.6) is 11.5 Å². The van der Waals surface area contributed by atoms with Crippen molar-refractivity contribution in [2.24, 2.45) is 11.8 Å². The van der Waals surface area contributed by atoms with Gasteiger partial charge in [-0.15, -0.1) is 0 Å². The SMILES string of the molecule is CCCCCC(CCc1ccc2c(c1)OCO2)CN(CCCC)C(=O)CN1CCC(C(=O)O)C1. The fraction of sp³-hybridized carbons (Fsp3) is 0.704. The van der Waals surface area contributed by atoms with E-state index in [1.807, 2.05) is 15.9 Å². The van der Waals surface area contributed by atoms with Gasteiger partial charge in [0, 0.05) is 19.6 Å². The van der Waals surface area contributed by atoms with Crippen LogP contribution in [0, 0.1) is 11.8 Å². The lowest BCUT2D eigenvalue weighted by molar-refractivity contribution is -0.141. The Morgan fingerprint density at radius 3 is 2.65 bits per heavy atom. The van der Waals surface area contributed by atoms with Crippen molar-refractivity contribution in [3.8, 4) is 11.5 Å². The lowest BCUT2D eigenvalue weighted by Crippen LogP contribution is -2.42. The smallest absolute Gasteiger partial charge is 0.307 e. The van der Waals surface area contributed by atoms with Crippen molar-refractivity contribution in [2.45, 2.75) is 71.6 Å². The number of ether oxygens (including phenoxy) is 2. The molecule has 1 amide bonds. The van der Waals surface area contributed by atoms with E-state index >= 15 is 0 Å². The topological polar surface area (TPSA) is 79.3 Å². The van der Waals surface area contributed by atoms with Crippen LogP contribution < -0.4 is 9.47 Å². The lowest BCUT2D eigenvalue weighted by Gasteiger charge is -2.30. The fourth-order valence-corrected chi connectivity index (χ4v) is 4.92. The molecule has 1 aromatic rings. The summed E-state index contributed by atoms with van der Waals surface area (Å²) in [5, 5.41) is 9.28. The van der Waals surface area contributed by atoms with Crippen LogP contribution in [0.2, 0.25) is 0 Å². The van der Waals surface area contributed by atoms with Gasteiger partial charge >= 0.3 is 5.97 Å². The maximum Gasteiger partial charge on any atom is 0.307 e. The van der Waals surface area contributed by atoms with E-state index < -0.39 is 5.97 Å². The Morgan fingerprint density at radius 1 is 1.12 bits per heavy atom. The molecule has 2 heterocycles. The summed E-state index contributed by atoms with van der Waals surface area (Å²) >= 11 is 0. The van der Waals surface area contributed by atoms with Crippen LogP contribution in [0.3, 0.4) is 0 Å². The highest BCUT2D eigenvalue weighted by Crippen LogP contribution is 2.33. The molecule has 34 heavy (non-hydrogen) atoms. The molecule has 2 aliphatic rings. The molecule has 1 aromatic carbocycles. The third kappa shape index (κ3) is 7.90. The molecule has 190 valence electrons. The minimum absolute atomic E-state index is 0.142. The van der Waals surface area contributed by atoms with E-state index in [-0.39, 0.29) is 18.6 Å². The Bertz CT molecular complexity index is 799. The predicted octanol–water partition coefficient (Wildman–Crippen LogP) is 4.58. The molecule has 0 aromatic heterocycles. The normalized spacial score (nSPS) is 18.2. The summed E-state index contributed by atoms with van der Waals surface area (Å²) in [7, 11) is 0. The molecule has 2 aliphatic heterocycles. The van der Waals surface area contributed by atoms with Gasteiger partial charge in [0.15, 0.2) is 11.5 Å². The number of nitrogens with zero attached hydrogens (tertiary/aromatic N) is 2. The second-order valence-electron chi connectivity index (χ2n) is 9.84. The largest absolute Gasteiger partial charge is 0.481 e. The number of amides is 1. The Hall–Kier alpha value is -2.28. The number of hydrogen-bond donors (Lipinski definition) is 1. The van der Waals surface area contributed by atoms with Crippen molar-refractivity contribution in [2.75, 3.05) is 39.5 Å². The summed E-state index contributed by atoms with van der Waals surface area (Å²) in [6.45, 7) is 7.72. The summed E-state index contributed by atoms with van der Waals surface area (Å²) in [5.41, 5.74) is 1.24. The first-order valence-corrected chi connectivity index (χ1v) is 13.1. The molecule has 7 nitrogen and oxygen atoms in total. The van der Waals surface area contributed by atoms with Crippen molar-refractivity contribution in [1.82, 2.24) is 9.80 Å². The highest BCUT2D eigenvalue weighted by Gasteiger charge is 2.30. The number of hydrogen-bond acceptors (Lipinski definition) is 5. The Kier molecular flexibility index (Phi) is 10.5. The summed E-state index contributed by atoms with van der Waals surface area (Å²) in [5.74, 6) is 1.13. The van der Waals surface area contributed by atoms with Gasteiger partial charge in [-0.2, -0.15) is 0 Å². The van der Waals surface area contributed by atoms with Crippen LogP contribution in [-0.4, -0.2) is 66.3 Å². The maximum absolute atomic E-state index is 13.3. The number of carbonyl (C=O) groups is 2. The van der Waals surface area contributed by atoms with Crippen LogP contribution >= 0.6 is 0 Å². The highest BCUT2D eigenvalue weighted by molar-refractivity contribution is 5.78. The van der Waals surface area contributed by atoms with Gasteiger partial charge in [0.1, 0.15) is 0 Å². The van der Waals surface area contributed by atoms with Gasteiger partial charge < -0.3 is 19.5 Å². The Morgan fingerprint density at radius 2 is 1.91 bits per heavy atom. The number of aliphatic carboxylic acids is 1. The minimum atomic E-state index is -0.753. The fourth-order valence-electron chi connectivity index (χ4n) is 4.92. The number of carbonyl (C=O) groups excluding carboxylic acids is 1. The summed E-state index contributed by atoms with van der Waals surface area (Å²) in [6, 6.07) is 6.18. The third-order valence-electron chi connectivity index (χ3n) is 7.09. The molecule has 0 radical (unpaired) electrons. The first kappa shape index (κ1) is 26.3. The van der Waals surface area contributed by atoms with E-state index in [4.69, 9.17) is 9.47 Å². The van der Waals surface area contributed by atoms with E-state index in [0.717, 1.165) is 56.7 Å². The number of carboxylic acid groups (broad SMARTS) is 1. The first-order chi connectivity index (χ1) is 16.5. The third-order valence-corrected chi connectivity index (χ3v) is 7.09. The summed E-state index contributed by atoms with van der Waals surface area (Å²) < 4.78 is 11.0. The van der Waals surface area contributed by atoms with Crippen molar-refractivity contribution >= 4 is 11.9 Å². The Labute approximate surface area is 204 Å². The molecule has 1 fully saturated rings. The van der Waals surface area contributed by atoms with Crippen molar-refractivity contribution < 1.29 is 24.2 Å². The second kappa shape index (κ2) is 13.6. The van der Waals surface area contributed by atoms with E-state index in [2.05, 4.69) is 26.0 Å². The number of likely N-dealkylation sites (tertiary alicyclic amines) is 1. The van der Waals surface area contributed by atoms with Crippen LogP contribution in [0.15, 0.2) is 18.2 Å². The van der Waals surface area contributed by atoms with Crippen LogP contribution in [-0.2, 0) is 16.0 Å². The number of unbranched alkanes of at least 4 members (excludes halogenated alkanes) is 3. The minimum Gasteiger partial charge on any atom is -0.481 e. The van der Waals surface area contributed by atoms with Crippen molar-refractivity contribution in [3.05, 3.63) is 23.8 Å². The van der Waals surface area contributed by atoms with Crippen molar-refractivity contribution in [3.63, 3.8) is 0 Å². The van der Waals surface area contributed by atoms with Gasteiger partial charge in [-0.25, -0.2) is 0 Å². The molecule has 3 rings (SSSR count). The number of rotatable bonds is 15. The lowest BCUT2D eigenvalue weighted by atomic mass is 9.93. The molecular weight excluding hydrogens is 432 g/mol. The molecular formula is C27H42N2O5. The quantitative estimate of drug-likeness (QED) is 0.375. The van der Waals surface area contributed by atoms with Crippen molar-refractivity contribution in [1.29, 1.82) is 0 Å². The highest BCUT2D eigenvalue weighted by atomic mass is 16.7. The van der Waals surface area contributed by atoms with Gasteiger partial charge in [-0.1, -0.05) is 45.6 Å². The first-order valence-electron chi connectivity index (χ1n) is 13.1. The maximum atomic E-state index is 13.3. The number of fused-ring (bicyclic) bond motifs is 1. The van der Waals surface area contributed by atoms with Gasteiger partial charge in [0.25, 0.3) is 0 Å². The van der Waals surface area contributed by atoms with Gasteiger partial charge in [0.2, 0.25) is 12.7 Å².